The van der Waals surface area contributed by atoms with Crippen molar-refractivity contribution in [3.63, 3.8) is 0 Å². The van der Waals surface area contributed by atoms with Crippen LogP contribution in [0.25, 0.3) is 6.08 Å². The van der Waals surface area contributed by atoms with Crippen molar-refractivity contribution in [3.05, 3.63) is 77.2 Å². The van der Waals surface area contributed by atoms with Gasteiger partial charge in [-0.15, -0.1) is 0 Å². The van der Waals surface area contributed by atoms with Crippen LogP contribution in [-0.4, -0.2) is 4.20 Å². The quantitative estimate of drug-likeness (QED) is 0.726. The van der Waals surface area contributed by atoms with Crippen molar-refractivity contribution in [2.75, 3.05) is 0 Å². The molecule has 0 aromatic heterocycles. The van der Waals surface area contributed by atoms with Gasteiger partial charge in [-0.05, 0) is 22.6 Å². The van der Waals surface area contributed by atoms with Crippen LogP contribution in [0.4, 0.5) is 0 Å². The summed E-state index contributed by atoms with van der Waals surface area (Å²) in [4.78, 5) is 0. The van der Waals surface area contributed by atoms with Gasteiger partial charge in [-0.1, -0.05) is 84.6 Å². The molecule has 2 aromatic rings. The first kappa shape index (κ1) is 12.1. The molecule has 0 aliphatic heterocycles. The average Bonchev–Trinajstić information content (AvgIpc) is 2.41. The van der Waals surface area contributed by atoms with E-state index in [0.29, 0.717) is 0 Å². The maximum atomic E-state index is 5.35. The highest BCUT2D eigenvalue weighted by Crippen LogP contribution is 2.16. The maximum absolute atomic E-state index is 5.35. The minimum Gasteiger partial charge on any atom is -0.0857 e. The van der Waals surface area contributed by atoms with Gasteiger partial charge in [0, 0.05) is 0 Å². The number of hydrogen-bond donors (Lipinski definition) is 0. The second-order valence-corrected chi connectivity index (χ2v) is 5.07. The zero-order valence-corrected chi connectivity index (χ0v) is 10.9. The SMILES string of the molecule is S=C(SC=Cc1ccccc1)c1ccccc1. The summed E-state index contributed by atoms with van der Waals surface area (Å²) in [6.45, 7) is 0. The van der Waals surface area contributed by atoms with E-state index in [-0.39, 0.29) is 0 Å². The second kappa shape index (κ2) is 6.38. The molecule has 0 spiro atoms. The predicted octanol–water partition coefficient (Wildman–Crippen LogP) is 4.77. The van der Waals surface area contributed by atoms with Crippen LogP contribution in [0.2, 0.25) is 0 Å². The van der Waals surface area contributed by atoms with Crippen LogP contribution in [-0.2, 0) is 0 Å². The molecule has 0 amide bonds. The highest BCUT2D eigenvalue weighted by molar-refractivity contribution is 8.25. The maximum Gasteiger partial charge on any atom is 0.0820 e. The fourth-order valence-corrected chi connectivity index (χ4v) is 2.30. The van der Waals surface area contributed by atoms with E-state index < -0.39 is 0 Å². The highest BCUT2D eigenvalue weighted by atomic mass is 32.2. The van der Waals surface area contributed by atoms with Crippen LogP contribution in [0.1, 0.15) is 11.1 Å². The first-order valence-corrected chi connectivity index (χ1v) is 6.63. The lowest BCUT2D eigenvalue weighted by atomic mass is 10.2. The topological polar surface area (TPSA) is 0 Å². The van der Waals surface area contributed by atoms with E-state index >= 15 is 0 Å². The summed E-state index contributed by atoms with van der Waals surface area (Å²) in [5.41, 5.74) is 2.29. The number of thiocarbonyl (C=S) groups is 1. The Hall–Kier alpha value is -1.38. The summed E-state index contributed by atoms with van der Waals surface area (Å²) in [5.74, 6) is 0. The third-order valence-corrected chi connectivity index (χ3v) is 3.49. The highest BCUT2D eigenvalue weighted by Gasteiger charge is 1.97. The Bertz CT molecular complexity index is 501. The fourth-order valence-electron chi connectivity index (χ4n) is 1.38. The van der Waals surface area contributed by atoms with Gasteiger partial charge in [0.05, 0.1) is 4.20 Å². The molecule has 0 bridgehead atoms. The number of hydrogen-bond acceptors (Lipinski definition) is 2. The Balaban J connectivity index is 1.95. The summed E-state index contributed by atoms with van der Waals surface area (Å²) in [7, 11) is 0. The van der Waals surface area contributed by atoms with Crippen molar-refractivity contribution in [2.45, 2.75) is 0 Å². The van der Waals surface area contributed by atoms with Gasteiger partial charge in [0.25, 0.3) is 0 Å². The molecule has 0 N–H and O–H groups in total. The summed E-state index contributed by atoms with van der Waals surface area (Å²) >= 11 is 6.92. The van der Waals surface area contributed by atoms with Crippen LogP contribution in [0.5, 0.6) is 0 Å². The Morgan fingerprint density at radius 2 is 1.47 bits per heavy atom. The summed E-state index contributed by atoms with van der Waals surface area (Å²) in [6, 6.07) is 20.3. The van der Waals surface area contributed by atoms with Crippen LogP contribution >= 0.6 is 24.0 Å². The molecule has 2 rings (SSSR count). The molecule has 0 radical (unpaired) electrons. The van der Waals surface area contributed by atoms with Gasteiger partial charge in [0.1, 0.15) is 0 Å². The summed E-state index contributed by atoms with van der Waals surface area (Å²) in [5, 5.41) is 2.03. The van der Waals surface area contributed by atoms with Crippen molar-refractivity contribution in [2.24, 2.45) is 0 Å². The second-order valence-electron chi connectivity index (χ2n) is 3.48. The van der Waals surface area contributed by atoms with Crippen LogP contribution in [0.3, 0.4) is 0 Å². The van der Waals surface area contributed by atoms with E-state index in [2.05, 4.69) is 18.2 Å². The molecule has 0 saturated heterocycles. The van der Waals surface area contributed by atoms with Gasteiger partial charge in [0.2, 0.25) is 0 Å². The Morgan fingerprint density at radius 3 is 2.12 bits per heavy atom. The van der Waals surface area contributed by atoms with Gasteiger partial charge >= 0.3 is 0 Å². The molecule has 0 aliphatic rings. The fraction of sp³-hybridized carbons (Fsp3) is 0. The van der Waals surface area contributed by atoms with Gasteiger partial charge < -0.3 is 0 Å². The van der Waals surface area contributed by atoms with Crippen molar-refractivity contribution in [1.82, 2.24) is 0 Å². The lowest BCUT2D eigenvalue weighted by molar-refractivity contribution is 1.67. The molecule has 84 valence electrons. The van der Waals surface area contributed by atoms with Gasteiger partial charge in [0.15, 0.2) is 0 Å². The first-order valence-electron chi connectivity index (χ1n) is 5.34. The van der Waals surface area contributed by atoms with E-state index in [4.69, 9.17) is 12.2 Å². The molecule has 17 heavy (non-hydrogen) atoms. The Labute approximate surface area is 111 Å². The molecule has 0 heterocycles. The minimum absolute atomic E-state index is 0.901. The molecule has 0 unspecified atom stereocenters. The van der Waals surface area contributed by atoms with Gasteiger partial charge in [-0.2, -0.15) is 0 Å². The van der Waals surface area contributed by atoms with Gasteiger partial charge in [-0.3, -0.25) is 0 Å². The molecule has 0 aliphatic carbocycles. The monoisotopic (exact) mass is 256 g/mol. The minimum atomic E-state index is 0.901. The molecule has 2 aromatic carbocycles. The van der Waals surface area contributed by atoms with E-state index in [0.717, 1.165) is 9.76 Å². The number of rotatable bonds is 3. The lowest BCUT2D eigenvalue weighted by Crippen LogP contribution is -1.87. The Morgan fingerprint density at radius 1 is 0.882 bits per heavy atom. The van der Waals surface area contributed by atoms with E-state index in [9.17, 15) is 0 Å². The third kappa shape index (κ3) is 3.84. The average molecular weight is 256 g/mol. The van der Waals surface area contributed by atoms with Crippen molar-refractivity contribution in [3.8, 4) is 0 Å². The molecule has 0 atom stereocenters. The van der Waals surface area contributed by atoms with Crippen molar-refractivity contribution < 1.29 is 0 Å². The number of thioether (sulfide) groups is 1. The largest absolute Gasteiger partial charge is 0.0857 e. The van der Waals surface area contributed by atoms with Crippen LogP contribution in [0.15, 0.2) is 66.1 Å². The van der Waals surface area contributed by atoms with Crippen molar-refractivity contribution in [1.29, 1.82) is 0 Å². The van der Waals surface area contributed by atoms with Crippen LogP contribution in [0, 0.1) is 0 Å². The number of benzene rings is 2. The zero-order valence-electron chi connectivity index (χ0n) is 9.24. The standard InChI is InChI=1S/C15H12S2/c16-15(14-9-5-2-6-10-14)17-12-11-13-7-3-1-4-8-13/h1-12H. The van der Waals surface area contributed by atoms with Crippen molar-refractivity contribution >= 4 is 34.3 Å². The molecule has 2 heteroatoms. The van der Waals surface area contributed by atoms with Crippen LogP contribution < -0.4 is 0 Å². The first-order chi connectivity index (χ1) is 8.36. The molecule has 0 fully saturated rings. The predicted molar refractivity (Wildman–Crippen MR) is 81.2 cm³/mol. The lowest BCUT2D eigenvalue weighted by Gasteiger charge is -1.98. The Kier molecular flexibility index (Phi) is 4.54. The molecular formula is C15H12S2. The third-order valence-electron chi connectivity index (χ3n) is 2.24. The smallest absolute Gasteiger partial charge is 0.0820 e. The normalized spacial score (nSPS) is 10.6. The van der Waals surface area contributed by atoms with E-state index in [1.807, 2.05) is 53.9 Å². The molecule has 0 nitrogen and oxygen atoms in total. The summed E-state index contributed by atoms with van der Waals surface area (Å²) < 4.78 is 0.901. The molecule has 0 saturated carbocycles. The summed E-state index contributed by atoms with van der Waals surface area (Å²) in [6.07, 6.45) is 2.07. The van der Waals surface area contributed by atoms with E-state index in [1.54, 1.807) is 11.8 Å². The zero-order chi connectivity index (χ0) is 11.9. The van der Waals surface area contributed by atoms with Gasteiger partial charge in [-0.25, -0.2) is 0 Å². The molecular weight excluding hydrogens is 244 g/mol. The van der Waals surface area contributed by atoms with E-state index in [1.165, 1.54) is 5.56 Å².